The number of nitrogens with one attached hydrogen (secondary N) is 1. The van der Waals surface area contributed by atoms with E-state index in [2.05, 4.69) is 58.8 Å². The van der Waals surface area contributed by atoms with Crippen LogP contribution in [-0.4, -0.2) is 39.8 Å². The molecule has 1 aromatic heterocycles. The van der Waals surface area contributed by atoms with Gasteiger partial charge >= 0.3 is 0 Å². The molecule has 0 atom stereocenters. The third-order valence-corrected chi connectivity index (χ3v) is 7.40. The van der Waals surface area contributed by atoms with E-state index in [1.54, 1.807) is 0 Å². The van der Waals surface area contributed by atoms with E-state index >= 15 is 0 Å². The minimum absolute atomic E-state index is 0.196. The summed E-state index contributed by atoms with van der Waals surface area (Å²) in [5, 5.41) is 12.5. The molecule has 156 valence electrons. The van der Waals surface area contributed by atoms with E-state index in [-0.39, 0.29) is 5.91 Å². The van der Waals surface area contributed by atoms with Crippen molar-refractivity contribution in [1.82, 2.24) is 15.1 Å². The highest BCUT2D eigenvalue weighted by Crippen LogP contribution is 2.29. The Morgan fingerprint density at radius 1 is 1.10 bits per heavy atom. The maximum absolute atomic E-state index is 12.6. The van der Waals surface area contributed by atoms with Gasteiger partial charge in [0.2, 0.25) is 11.0 Å². The van der Waals surface area contributed by atoms with E-state index < -0.39 is 0 Å². The average Bonchev–Trinajstić information content (AvgIpc) is 3.22. The van der Waals surface area contributed by atoms with E-state index in [1.165, 1.54) is 28.7 Å². The van der Waals surface area contributed by atoms with E-state index in [9.17, 15) is 4.79 Å². The lowest BCUT2D eigenvalue weighted by atomic mass is 9.90. The number of carbonyl (C=O) groups is 1. The van der Waals surface area contributed by atoms with Crippen LogP contribution >= 0.6 is 23.1 Å². The maximum Gasteiger partial charge on any atom is 0.233 e. The lowest BCUT2D eigenvalue weighted by Crippen LogP contribution is -2.39. The number of rotatable bonds is 7. The Morgan fingerprint density at radius 2 is 1.83 bits per heavy atom. The summed E-state index contributed by atoms with van der Waals surface area (Å²) in [6, 6.07) is 18.7. The van der Waals surface area contributed by atoms with Crippen LogP contribution in [0.4, 0.5) is 10.8 Å². The SMILES string of the molecule is Cc1ccccc1Nc1nnc(SCC(=O)N2CCC(Cc3ccccc3)CC2)s1. The highest BCUT2D eigenvalue weighted by molar-refractivity contribution is 8.01. The number of likely N-dealkylation sites (tertiary alicyclic amines) is 1. The fraction of sp³-hybridized carbons (Fsp3) is 0.348. The van der Waals surface area contributed by atoms with Gasteiger partial charge in [0.1, 0.15) is 0 Å². The summed E-state index contributed by atoms with van der Waals surface area (Å²) < 4.78 is 0.818. The average molecular weight is 439 g/mol. The maximum atomic E-state index is 12.6. The first kappa shape index (κ1) is 20.9. The Kier molecular flexibility index (Phi) is 7.02. The molecule has 1 aliphatic rings. The van der Waals surface area contributed by atoms with Gasteiger partial charge in [0.05, 0.1) is 5.75 Å². The topological polar surface area (TPSA) is 58.1 Å². The van der Waals surface area contributed by atoms with Gasteiger partial charge in [-0.2, -0.15) is 0 Å². The summed E-state index contributed by atoms with van der Waals surface area (Å²) in [6.45, 7) is 3.76. The summed E-state index contributed by atoms with van der Waals surface area (Å²) in [6.07, 6.45) is 3.27. The van der Waals surface area contributed by atoms with Gasteiger partial charge in [-0.25, -0.2) is 0 Å². The Bertz CT molecular complexity index is 968. The van der Waals surface area contributed by atoms with E-state index in [0.29, 0.717) is 11.7 Å². The lowest BCUT2D eigenvalue weighted by Gasteiger charge is -2.32. The van der Waals surface area contributed by atoms with Crippen LogP contribution < -0.4 is 5.32 Å². The van der Waals surface area contributed by atoms with Crippen LogP contribution in [0.5, 0.6) is 0 Å². The molecule has 4 rings (SSSR count). The number of aromatic nitrogens is 2. The first-order valence-corrected chi connectivity index (χ1v) is 12.1. The largest absolute Gasteiger partial charge is 0.342 e. The molecule has 0 bridgehead atoms. The summed E-state index contributed by atoms with van der Waals surface area (Å²) in [5.74, 6) is 1.28. The molecule has 1 N–H and O–H groups in total. The molecule has 0 saturated carbocycles. The third kappa shape index (κ3) is 5.61. The molecule has 0 radical (unpaired) electrons. The smallest absolute Gasteiger partial charge is 0.233 e. The molecular weight excluding hydrogens is 412 g/mol. The van der Waals surface area contributed by atoms with Crippen molar-refractivity contribution in [2.75, 3.05) is 24.2 Å². The van der Waals surface area contributed by atoms with Crippen LogP contribution in [0.3, 0.4) is 0 Å². The number of carbonyl (C=O) groups excluding carboxylic acids is 1. The van der Waals surface area contributed by atoms with Crippen LogP contribution in [0.15, 0.2) is 58.9 Å². The first-order chi connectivity index (χ1) is 14.7. The van der Waals surface area contributed by atoms with E-state index in [1.807, 2.05) is 23.1 Å². The minimum atomic E-state index is 0.196. The Balaban J connectivity index is 1.22. The Hall–Kier alpha value is -2.38. The molecule has 5 nitrogen and oxygen atoms in total. The Labute approximate surface area is 185 Å². The number of hydrogen-bond acceptors (Lipinski definition) is 6. The number of amides is 1. The molecule has 2 heterocycles. The van der Waals surface area contributed by atoms with E-state index in [0.717, 1.165) is 53.1 Å². The Morgan fingerprint density at radius 3 is 2.60 bits per heavy atom. The predicted octanol–water partition coefficient (Wildman–Crippen LogP) is 5.16. The minimum Gasteiger partial charge on any atom is -0.342 e. The summed E-state index contributed by atoms with van der Waals surface area (Å²) in [4.78, 5) is 14.6. The van der Waals surface area contributed by atoms with Crippen molar-refractivity contribution >= 4 is 39.8 Å². The van der Waals surface area contributed by atoms with Gasteiger partial charge < -0.3 is 10.2 Å². The van der Waals surface area contributed by atoms with Gasteiger partial charge in [0.25, 0.3) is 0 Å². The van der Waals surface area contributed by atoms with Crippen LogP contribution in [0.25, 0.3) is 0 Å². The molecule has 3 aromatic rings. The molecule has 1 aliphatic heterocycles. The fourth-order valence-corrected chi connectivity index (χ4v) is 5.36. The number of nitrogens with zero attached hydrogens (tertiary/aromatic N) is 3. The third-order valence-electron chi connectivity index (χ3n) is 5.45. The zero-order valence-electron chi connectivity index (χ0n) is 17.1. The van der Waals surface area contributed by atoms with Gasteiger partial charge in [-0.3, -0.25) is 4.79 Å². The molecule has 0 unspecified atom stereocenters. The monoisotopic (exact) mass is 438 g/mol. The molecule has 30 heavy (non-hydrogen) atoms. The van der Waals surface area contributed by atoms with Crippen molar-refractivity contribution < 1.29 is 4.79 Å². The van der Waals surface area contributed by atoms with Crippen molar-refractivity contribution in [3.8, 4) is 0 Å². The standard InChI is InChI=1S/C23H26N4OS2/c1-17-7-5-6-10-20(17)24-22-25-26-23(30-22)29-16-21(28)27-13-11-19(12-14-27)15-18-8-3-2-4-9-18/h2-10,19H,11-16H2,1H3,(H,24,25). The number of benzene rings is 2. The number of hydrogen-bond donors (Lipinski definition) is 1. The zero-order valence-corrected chi connectivity index (χ0v) is 18.7. The van der Waals surface area contributed by atoms with Crippen molar-refractivity contribution in [1.29, 1.82) is 0 Å². The molecular formula is C23H26N4OS2. The normalized spacial score (nSPS) is 14.6. The number of anilines is 2. The summed E-state index contributed by atoms with van der Waals surface area (Å²) in [5.41, 5.74) is 3.58. The van der Waals surface area contributed by atoms with Crippen molar-refractivity contribution in [2.24, 2.45) is 5.92 Å². The van der Waals surface area contributed by atoms with Gasteiger partial charge in [-0.1, -0.05) is 71.6 Å². The van der Waals surface area contributed by atoms with Crippen molar-refractivity contribution in [3.05, 3.63) is 65.7 Å². The second-order valence-electron chi connectivity index (χ2n) is 7.62. The van der Waals surface area contributed by atoms with Crippen LogP contribution in [-0.2, 0) is 11.2 Å². The zero-order chi connectivity index (χ0) is 20.8. The lowest BCUT2D eigenvalue weighted by molar-refractivity contribution is -0.129. The molecule has 1 saturated heterocycles. The van der Waals surface area contributed by atoms with Gasteiger partial charge in [0.15, 0.2) is 4.34 Å². The second-order valence-corrected chi connectivity index (χ2v) is 9.82. The van der Waals surface area contributed by atoms with Crippen molar-refractivity contribution in [3.63, 3.8) is 0 Å². The van der Waals surface area contributed by atoms with Crippen molar-refractivity contribution in [2.45, 2.75) is 30.5 Å². The molecule has 0 spiro atoms. The predicted molar refractivity (Wildman–Crippen MR) is 125 cm³/mol. The second kappa shape index (κ2) is 10.1. The first-order valence-electron chi connectivity index (χ1n) is 10.3. The van der Waals surface area contributed by atoms with Crippen LogP contribution in [0.1, 0.15) is 24.0 Å². The highest BCUT2D eigenvalue weighted by atomic mass is 32.2. The summed E-state index contributed by atoms with van der Waals surface area (Å²) >= 11 is 2.96. The van der Waals surface area contributed by atoms with Gasteiger partial charge in [-0.15, -0.1) is 10.2 Å². The molecule has 1 fully saturated rings. The molecule has 0 aliphatic carbocycles. The number of aryl methyl sites for hydroxylation is 1. The number of piperidine rings is 1. The molecule has 2 aromatic carbocycles. The van der Waals surface area contributed by atoms with Crippen LogP contribution in [0, 0.1) is 12.8 Å². The van der Waals surface area contributed by atoms with E-state index in [4.69, 9.17) is 0 Å². The number of para-hydroxylation sites is 1. The molecule has 7 heteroatoms. The molecule has 1 amide bonds. The van der Waals surface area contributed by atoms with Gasteiger partial charge in [-0.05, 0) is 49.3 Å². The van der Waals surface area contributed by atoms with Crippen LogP contribution in [0.2, 0.25) is 0 Å². The quantitative estimate of drug-likeness (QED) is 0.516. The number of thioether (sulfide) groups is 1. The van der Waals surface area contributed by atoms with Gasteiger partial charge in [0, 0.05) is 18.8 Å². The fourth-order valence-electron chi connectivity index (χ4n) is 3.70. The highest BCUT2D eigenvalue weighted by Gasteiger charge is 2.23. The summed E-state index contributed by atoms with van der Waals surface area (Å²) in [7, 11) is 0.